The molecule has 0 fully saturated rings. The highest BCUT2D eigenvalue weighted by atomic mass is 32.1. The summed E-state index contributed by atoms with van der Waals surface area (Å²) in [5.41, 5.74) is 7.82. The summed E-state index contributed by atoms with van der Waals surface area (Å²) in [5, 5.41) is 1.19. The van der Waals surface area contributed by atoms with Crippen LogP contribution in [0.25, 0.3) is 16.3 Å². The average molecular weight is 246 g/mol. The van der Waals surface area contributed by atoms with E-state index in [0.29, 0.717) is 6.54 Å². The van der Waals surface area contributed by atoms with Gasteiger partial charge in [-0.3, -0.25) is 0 Å². The first-order valence-electron chi connectivity index (χ1n) is 5.78. The number of nitrogens with zero attached hydrogens (tertiary/aromatic N) is 1. The van der Waals surface area contributed by atoms with E-state index < -0.39 is 0 Å². The summed E-state index contributed by atoms with van der Waals surface area (Å²) in [4.78, 5) is 4.71. The summed E-state index contributed by atoms with van der Waals surface area (Å²) in [6.07, 6.45) is 3.99. The highest BCUT2D eigenvalue weighted by molar-refractivity contribution is 7.18. The predicted molar refractivity (Wildman–Crippen MR) is 76.4 cm³/mol. The number of hydrogen-bond acceptors (Lipinski definition) is 3. The van der Waals surface area contributed by atoms with Crippen LogP contribution in [0.15, 0.2) is 24.3 Å². The zero-order chi connectivity index (χ0) is 12.5. The maximum absolute atomic E-state index is 5.45. The molecule has 90 valence electrons. The highest BCUT2D eigenvalue weighted by Gasteiger charge is 2.18. The fourth-order valence-electron chi connectivity index (χ4n) is 1.57. The Morgan fingerprint density at radius 1 is 1.35 bits per heavy atom. The molecule has 2 aromatic rings. The number of aromatic nitrogens is 1. The highest BCUT2D eigenvalue weighted by Crippen LogP contribution is 2.31. The molecule has 0 aliphatic heterocycles. The van der Waals surface area contributed by atoms with Crippen molar-refractivity contribution in [3.63, 3.8) is 0 Å². The molecule has 0 unspecified atom stereocenters. The molecule has 0 aliphatic rings. The molecule has 2 nitrogen and oxygen atoms in total. The summed E-state index contributed by atoms with van der Waals surface area (Å²) in [6, 6.07) is 6.37. The van der Waals surface area contributed by atoms with Crippen LogP contribution in [0.3, 0.4) is 0 Å². The second-order valence-electron chi connectivity index (χ2n) is 5.13. The molecule has 0 saturated carbocycles. The van der Waals surface area contributed by atoms with E-state index in [4.69, 9.17) is 10.7 Å². The lowest BCUT2D eigenvalue weighted by Crippen LogP contribution is -2.09. The van der Waals surface area contributed by atoms with Crippen molar-refractivity contribution in [1.82, 2.24) is 4.98 Å². The summed E-state index contributed by atoms with van der Waals surface area (Å²) >= 11 is 1.78. The molecule has 17 heavy (non-hydrogen) atoms. The minimum atomic E-state index is 0.122. The smallest absolute Gasteiger partial charge is 0.0992 e. The molecule has 1 aromatic carbocycles. The minimum Gasteiger partial charge on any atom is -0.327 e. The molecular weight excluding hydrogens is 228 g/mol. The van der Waals surface area contributed by atoms with Crippen molar-refractivity contribution in [3.8, 4) is 0 Å². The van der Waals surface area contributed by atoms with Gasteiger partial charge in [-0.1, -0.05) is 39.0 Å². The fraction of sp³-hybridized carbons (Fsp3) is 0.357. The zero-order valence-electron chi connectivity index (χ0n) is 10.5. The third-order valence-corrected chi connectivity index (χ3v) is 3.96. The van der Waals surface area contributed by atoms with Crippen LogP contribution < -0.4 is 5.73 Å². The van der Waals surface area contributed by atoms with Crippen molar-refractivity contribution >= 4 is 27.6 Å². The van der Waals surface area contributed by atoms with E-state index in [9.17, 15) is 0 Å². The molecule has 0 saturated heterocycles. The molecule has 0 radical (unpaired) electrons. The van der Waals surface area contributed by atoms with Crippen LogP contribution in [0, 0.1) is 0 Å². The topological polar surface area (TPSA) is 38.9 Å². The van der Waals surface area contributed by atoms with Crippen molar-refractivity contribution in [2.45, 2.75) is 26.2 Å². The Morgan fingerprint density at radius 3 is 2.76 bits per heavy atom. The van der Waals surface area contributed by atoms with Crippen molar-refractivity contribution in [3.05, 3.63) is 34.8 Å². The van der Waals surface area contributed by atoms with Crippen LogP contribution >= 0.6 is 11.3 Å². The maximum Gasteiger partial charge on any atom is 0.0992 e. The molecular formula is C14H18N2S. The van der Waals surface area contributed by atoms with Gasteiger partial charge in [0.05, 0.1) is 15.2 Å². The van der Waals surface area contributed by atoms with Gasteiger partial charge < -0.3 is 5.73 Å². The van der Waals surface area contributed by atoms with Gasteiger partial charge in [-0.15, -0.1) is 11.3 Å². The van der Waals surface area contributed by atoms with Crippen molar-refractivity contribution in [2.75, 3.05) is 6.54 Å². The van der Waals surface area contributed by atoms with Crippen LogP contribution in [-0.4, -0.2) is 11.5 Å². The largest absolute Gasteiger partial charge is 0.327 e. The normalized spacial score (nSPS) is 12.7. The molecule has 0 bridgehead atoms. The zero-order valence-corrected chi connectivity index (χ0v) is 11.3. The van der Waals surface area contributed by atoms with Crippen molar-refractivity contribution < 1.29 is 0 Å². The number of benzene rings is 1. The van der Waals surface area contributed by atoms with Crippen LogP contribution in [0.2, 0.25) is 0 Å². The van der Waals surface area contributed by atoms with Gasteiger partial charge in [-0.25, -0.2) is 4.98 Å². The molecule has 1 aromatic heterocycles. The van der Waals surface area contributed by atoms with Crippen molar-refractivity contribution in [2.24, 2.45) is 5.73 Å². The van der Waals surface area contributed by atoms with Crippen LogP contribution in [0.1, 0.15) is 31.3 Å². The molecule has 1 heterocycles. The number of hydrogen-bond donors (Lipinski definition) is 1. The summed E-state index contributed by atoms with van der Waals surface area (Å²) in [7, 11) is 0. The minimum absolute atomic E-state index is 0.122. The van der Waals surface area contributed by atoms with E-state index in [1.165, 1.54) is 9.71 Å². The first kappa shape index (κ1) is 12.3. The van der Waals surface area contributed by atoms with E-state index >= 15 is 0 Å². The molecule has 0 spiro atoms. The van der Waals surface area contributed by atoms with Gasteiger partial charge in [-0.05, 0) is 17.7 Å². The van der Waals surface area contributed by atoms with Gasteiger partial charge in [0.25, 0.3) is 0 Å². The maximum atomic E-state index is 5.45. The number of nitrogens with two attached hydrogens (primary N) is 1. The van der Waals surface area contributed by atoms with Gasteiger partial charge in [0.2, 0.25) is 0 Å². The Hall–Kier alpha value is -1.19. The van der Waals surface area contributed by atoms with Gasteiger partial charge in [0.15, 0.2) is 0 Å². The lowest BCUT2D eigenvalue weighted by Gasteiger charge is -2.13. The second-order valence-corrected chi connectivity index (χ2v) is 6.16. The first-order chi connectivity index (χ1) is 8.00. The second kappa shape index (κ2) is 4.59. The van der Waals surface area contributed by atoms with E-state index in [1.54, 1.807) is 11.3 Å². The Bertz CT molecular complexity index is 547. The summed E-state index contributed by atoms with van der Waals surface area (Å²) in [5.74, 6) is 0. The SMILES string of the molecule is CC(C)(C)c1nc2cc(/C=C/CN)ccc2s1. The van der Waals surface area contributed by atoms with E-state index in [0.717, 1.165) is 11.1 Å². The van der Waals surface area contributed by atoms with Gasteiger partial charge >= 0.3 is 0 Å². The lowest BCUT2D eigenvalue weighted by molar-refractivity contribution is 0.587. The van der Waals surface area contributed by atoms with E-state index in [-0.39, 0.29) is 5.41 Å². The molecule has 2 rings (SSSR count). The molecule has 0 aliphatic carbocycles. The number of rotatable bonds is 2. The van der Waals surface area contributed by atoms with Crippen molar-refractivity contribution in [1.29, 1.82) is 0 Å². The lowest BCUT2D eigenvalue weighted by atomic mass is 9.98. The van der Waals surface area contributed by atoms with Crippen LogP contribution in [-0.2, 0) is 5.41 Å². The standard InChI is InChI=1S/C14H18N2S/c1-14(2,3)13-16-11-9-10(5-4-8-15)6-7-12(11)17-13/h4-7,9H,8,15H2,1-3H3/b5-4+. The third kappa shape index (κ3) is 2.73. The Labute approximate surface area is 106 Å². The Balaban J connectivity index is 2.44. The van der Waals surface area contributed by atoms with Crippen LogP contribution in [0.5, 0.6) is 0 Å². The Kier molecular flexibility index (Phi) is 3.31. The molecule has 0 amide bonds. The van der Waals surface area contributed by atoms with Crippen LogP contribution in [0.4, 0.5) is 0 Å². The fourth-order valence-corrected chi connectivity index (χ4v) is 2.58. The van der Waals surface area contributed by atoms with E-state index in [1.807, 2.05) is 12.2 Å². The number of thiazole rings is 1. The monoisotopic (exact) mass is 246 g/mol. The quantitative estimate of drug-likeness (QED) is 0.880. The van der Waals surface area contributed by atoms with Gasteiger partial charge in [-0.2, -0.15) is 0 Å². The van der Waals surface area contributed by atoms with E-state index in [2.05, 4.69) is 39.0 Å². The summed E-state index contributed by atoms with van der Waals surface area (Å²) < 4.78 is 1.25. The van der Waals surface area contributed by atoms with Gasteiger partial charge in [0.1, 0.15) is 0 Å². The molecule has 0 atom stereocenters. The van der Waals surface area contributed by atoms with Gasteiger partial charge in [0, 0.05) is 12.0 Å². The predicted octanol–water partition coefficient (Wildman–Crippen LogP) is 3.57. The third-order valence-electron chi connectivity index (χ3n) is 2.50. The average Bonchev–Trinajstić information content (AvgIpc) is 2.68. The summed E-state index contributed by atoms with van der Waals surface area (Å²) in [6.45, 7) is 7.15. The molecule has 3 heteroatoms. The molecule has 2 N–H and O–H groups in total. The first-order valence-corrected chi connectivity index (χ1v) is 6.60. The number of fused-ring (bicyclic) bond motifs is 1. The Morgan fingerprint density at radius 2 is 2.12 bits per heavy atom.